The largest absolute Gasteiger partial charge is 0.351 e. The molecule has 0 spiro atoms. The van der Waals surface area contributed by atoms with Gasteiger partial charge in [0.25, 0.3) is 0 Å². The number of benzene rings is 2. The molecule has 0 saturated carbocycles. The van der Waals surface area contributed by atoms with E-state index in [4.69, 9.17) is 16.6 Å². The lowest BCUT2D eigenvalue weighted by molar-refractivity contribution is -0.132. The van der Waals surface area contributed by atoms with Crippen molar-refractivity contribution in [2.75, 3.05) is 31.5 Å². The average molecular weight is 534 g/mol. The van der Waals surface area contributed by atoms with Crippen LogP contribution in [0.25, 0.3) is 22.4 Å². The normalized spacial score (nSPS) is 16.4. The molecular formula is C31H40ClN5O. The van der Waals surface area contributed by atoms with E-state index < -0.39 is 0 Å². The minimum absolute atomic E-state index is 0.239. The highest BCUT2D eigenvalue weighted by Crippen LogP contribution is 2.30. The summed E-state index contributed by atoms with van der Waals surface area (Å²) in [5.41, 5.74) is 3.95. The zero-order valence-corrected chi connectivity index (χ0v) is 23.4. The van der Waals surface area contributed by atoms with Crippen LogP contribution in [-0.2, 0) is 4.79 Å². The summed E-state index contributed by atoms with van der Waals surface area (Å²) < 4.78 is 0. The highest BCUT2D eigenvalue weighted by atomic mass is 35.5. The van der Waals surface area contributed by atoms with Crippen molar-refractivity contribution >= 4 is 23.5 Å². The summed E-state index contributed by atoms with van der Waals surface area (Å²) in [6.45, 7) is 7.73. The zero-order chi connectivity index (χ0) is 26.7. The van der Waals surface area contributed by atoms with Gasteiger partial charge in [0.15, 0.2) is 0 Å². The number of amides is 1. The lowest BCUT2D eigenvalue weighted by Gasteiger charge is -2.33. The summed E-state index contributed by atoms with van der Waals surface area (Å²) >= 11 is 6.51. The number of aromatic nitrogens is 2. The van der Waals surface area contributed by atoms with Crippen LogP contribution in [0.5, 0.6) is 0 Å². The Morgan fingerprint density at radius 3 is 2.39 bits per heavy atom. The lowest BCUT2D eigenvalue weighted by Crippen LogP contribution is -2.42. The third-order valence-electron chi connectivity index (χ3n) is 7.39. The SMILES string of the molecule is CC.O=C(CCC1CCNCC1)N1CCC(Nc2ncc(Cl)c(-c3cccc(-c4ccccc4)c3)n2)CC1. The van der Waals surface area contributed by atoms with Crippen molar-refractivity contribution in [3.63, 3.8) is 0 Å². The predicted molar refractivity (Wildman–Crippen MR) is 157 cm³/mol. The number of nitrogens with zero attached hydrogens (tertiary/aromatic N) is 3. The summed E-state index contributed by atoms with van der Waals surface area (Å²) in [7, 11) is 0. The van der Waals surface area contributed by atoms with Gasteiger partial charge in [-0.25, -0.2) is 9.97 Å². The van der Waals surface area contributed by atoms with Crippen molar-refractivity contribution in [2.45, 2.75) is 58.4 Å². The average Bonchev–Trinajstić information content (AvgIpc) is 2.99. The van der Waals surface area contributed by atoms with Crippen LogP contribution in [0.1, 0.15) is 52.4 Å². The van der Waals surface area contributed by atoms with Crippen LogP contribution in [0.4, 0.5) is 5.95 Å². The van der Waals surface area contributed by atoms with E-state index in [0.29, 0.717) is 29.2 Å². The summed E-state index contributed by atoms with van der Waals surface area (Å²) in [5, 5.41) is 7.41. The number of carbonyl (C=O) groups is 1. The Bertz CT molecular complexity index is 1160. The van der Waals surface area contributed by atoms with Crippen molar-refractivity contribution in [2.24, 2.45) is 5.92 Å². The molecule has 5 rings (SSSR count). The van der Waals surface area contributed by atoms with E-state index >= 15 is 0 Å². The fourth-order valence-corrected chi connectivity index (χ4v) is 5.43. The first-order valence-electron chi connectivity index (χ1n) is 14.1. The fraction of sp³-hybridized carbons (Fsp3) is 0.452. The minimum atomic E-state index is 0.239. The number of rotatable bonds is 7. The van der Waals surface area contributed by atoms with Gasteiger partial charge in [-0.05, 0) is 68.3 Å². The van der Waals surface area contributed by atoms with E-state index in [9.17, 15) is 4.79 Å². The predicted octanol–water partition coefficient (Wildman–Crippen LogP) is 6.67. The first kappa shape index (κ1) is 28.1. The Kier molecular flexibility index (Phi) is 10.5. The second-order valence-electron chi connectivity index (χ2n) is 9.87. The number of carbonyl (C=O) groups excluding carboxylic acids is 1. The quantitative estimate of drug-likeness (QED) is 0.355. The molecule has 0 bridgehead atoms. The Hall–Kier alpha value is -2.96. The Morgan fingerprint density at radius 2 is 1.66 bits per heavy atom. The van der Waals surface area contributed by atoms with Gasteiger partial charge in [0.05, 0.1) is 16.9 Å². The van der Waals surface area contributed by atoms with Crippen LogP contribution in [0.3, 0.4) is 0 Å². The maximum Gasteiger partial charge on any atom is 0.223 e. The topological polar surface area (TPSA) is 70.2 Å². The van der Waals surface area contributed by atoms with E-state index in [2.05, 4.69) is 39.9 Å². The Balaban J connectivity index is 0.00000164. The molecule has 2 aromatic carbocycles. The molecule has 2 aliphatic heterocycles. The van der Waals surface area contributed by atoms with Gasteiger partial charge in [-0.15, -0.1) is 0 Å². The molecule has 3 aromatic rings. The van der Waals surface area contributed by atoms with Crippen LogP contribution >= 0.6 is 11.6 Å². The van der Waals surface area contributed by atoms with Crippen LogP contribution in [0, 0.1) is 5.92 Å². The van der Waals surface area contributed by atoms with Crippen molar-refractivity contribution in [3.8, 4) is 22.4 Å². The molecule has 38 heavy (non-hydrogen) atoms. The molecule has 7 heteroatoms. The van der Waals surface area contributed by atoms with Gasteiger partial charge in [-0.1, -0.05) is 74.0 Å². The van der Waals surface area contributed by atoms with Gasteiger partial charge in [0.1, 0.15) is 0 Å². The second kappa shape index (κ2) is 14.3. The molecule has 1 amide bonds. The summed E-state index contributed by atoms with van der Waals surface area (Å²) in [4.78, 5) is 24.0. The number of anilines is 1. The van der Waals surface area contributed by atoms with E-state index in [1.165, 1.54) is 12.8 Å². The van der Waals surface area contributed by atoms with E-state index in [1.807, 2.05) is 49.1 Å². The van der Waals surface area contributed by atoms with Gasteiger partial charge >= 0.3 is 0 Å². The first-order valence-corrected chi connectivity index (χ1v) is 14.5. The molecule has 2 N–H and O–H groups in total. The van der Waals surface area contributed by atoms with Gasteiger partial charge in [-0.2, -0.15) is 0 Å². The van der Waals surface area contributed by atoms with Crippen LogP contribution < -0.4 is 10.6 Å². The molecule has 2 saturated heterocycles. The summed E-state index contributed by atoms with van der Waals surface area (Å²) in [6.07, 6.45) is 7.53. The van der Waals surface area contributed by atoms with Gasteiger partial charge in [0, 0.05) is 31.1 Å². The number of nitrogens with one attached hydrogen (secondary N) is 2. The first-order chi connectivity index (χ1) is 18.7. The third-order valence-corrected chi connectivity index (χ3v) is 7.67. The molecule has 202 valence electrons. The number of hydrogen-bond donors (Lipinski definition) is 2. The van der Waals surface area contributed by atoms with E-state index in [0.717, 1.165) is 67.8 Å². The third kappa shape index (κ3) is 7.55. The zero-order valence-electron chi connectivity index (χ0n) is 22.6. The standard InChI is InChI=1S/C29H34ClN5O.C2H6/c30-26-20-32-29(34-28(26)24-8-4-7-23(19-24)22-5-2-1-3-6-22)33-25-13-17-35(18-14-25)27(36)10-9-21-11-15-31-16-12-21;1-2/h1-8,19-21,25,31H,9-18H2,(H,32,33,34);1-2H3. The summed E-state index contributed by atoms with van der Waals surface area (Å²) in [6, 6.07) is 18.8. The van der Waals surface area contributed by atoms with E-state index in [-0.39, 0.29) is 6.04 Å². The van der Waals surface area contributed by atoms with Gasteiger partial charge in [-0.3, -0.25) is 4.79 Å². The molecule has 2 aliphatic rings. The van der Waals surface area contributed by atoms with Crippen molar-refractivity contribution < 1.29 is 4.79 Å². The van der Waals surface area contributed by atoms with Gasteiger partial charge in [0.2, 0.25) is 11.9 Å². The van der Waals surface area contributed by atoms with E-state index in [1.54, 1.807) is 6.20 Å². The number of piperidine rings is 2. The monoisotopic (exact) mass is 533 g/mol. The van der Waals surface area contributed by atoms with Crippen molar-refractivity contribution in [1.82, 2.24) is 20.2 Å². The molecule has 0 atom stereocenters. The second-order valence-corrected chi connectivity index (χ2v) is 10.3. The smallest absolute Gasteiger partial charge is 0.223 e. The molecule has 6 nitrogen and oxygen atoms in total. The van der Waals surface area contributed by atoms with Crippen LogP contribution in [0.15, 0.2) is 60.8 Å². The van der Waals surface area contributed by atoms with Crippen LogP contribution in [0.2, 0.25) is 5.02 Å². The highest BCUT2D eigenvalue weighted by molar-refractivity contribution is 6.32. The molecule has 0 aliphatic carbocycles. The van der Waals surface area contributed by atoms with Crippen molar-refractivity contribution in [3.05, 3.63) is 65.8 Å². The molecule has 0 unspecified atom stereocenters. The lowest BCUT2D eigenvalue weighted by atomic mass is 9.93. The summed E-state index contributed by atoms with van der Waals surface area (Å²) in [5.74, 6) is 1.57. The Morgan fingerprint density at radius 1 is 0.974 bits per heavy atom. The van der Waals surface area contributed by atoms with Crippen LogP contribution in [-0.4, -0.2) is 53.0 Å². The van der Waals surface area contributed by atoms with Crippen molar-refractivity contribution in [1.29, 1.82) is 0 Å². The minimum Gasteiger partial charge on any atom is -0.351 e. The highest BCUT2D eigenvalue weighted by Gasteiger charge is 2.24. The van der Waals surface area contributed by atoms with Gasteiger partial charge < -0.3 is 15.5 Å². The number of halogens is 1. The molecular weight excluding hydrogens is 494 g/mol. The fourth-order valence-electron chi connectivity index (χ4n) is 5.23. The molecule has 2 fully saturated rings. The number of hydrogen-bond acceptors (Lipinski definition) is 5. The number of likely N-dealkylation sites (tertiary alicyclic amines) is 1. The Labute approximate surface area is 232 Å². The molecule has 0 radical (unpaired) electrons. The maximum atomic E-state index is 12.7. The molecule has 1 aromatic heterocycles. The maximum absolute atomic E-state index is 12.7. The molecule has 3 heterocycles.